The second-order valence-corrected chi connectivity index (χ2v) is 4.32. The number of likely N-dealkylation sites (N-methyl/N-ethyl adjacent to an activating group) is 1. The minimum atomic E-state index is -4.47. The van der Waals surface area contributed by atoms with Gasteiger partial charge in [0.05, 0.1) is 6.54 Å². The van der Waals surface area contributed by atoms with Gasteiger partial charge in [0.1, 0.15) is 18.1 Å². The van der Waals surface area contributed by atoms with Gasteiger partial charge in [-0.25, -0.2) is 9.97 Å². The van der Waals surface area contributed by atoms with Crippen molar-refractivity contribution in [2.24, 2.45) is 0 Å². The first-order valence-corrected chi connectivity index (χ1v) is 6.26. The van der Waals surface area contributed by atoms with Crippen LogP contribution in [0.4, 0.5) is 19.1 Å². The second-order valence-electron chi connectivity index (χ2n) is 4.32. The lowest BCUT2D eigenvalue weighted by atomic mass is 10.3. The average Bonchev–Trinajstić information content (AvgIpc) is 2.47. The number of benzene rings is 1. The molecule has 0 saturated carbocycles. The smallest absolute Gasteiger partial charge is 0.433 e. The maximum Gasteiger partial charge on any atom is 0.433 e. The number of halogens is 3. The Balaban J connectivity index is 1.93. The summed E-state index contributed by atoms with van der Waals surface area (Å²) in [5.41, 5.74) is -0.955. The number of nitrogens with zero attached hydrogens (tertiary/aromatic N) is 3. The Morgan fingerprint density at radius 3 is 2.52 bits per heavy atom. The standard InChI is InChI=1S/C14H14F3N3O/c1-20(9-10-21-11-5-3-2-4-6-11)13-18-8-7-12(19-13)14(15,16)17/h2-8H,9-10H2,1H3. The van der Waals surface area contributed by atoms with E-state index in [-0.39, 0.29) is 5.95 Å². The lowest BCUT2D eigenvalue weighted by Crippen LogP contribution is -2.26. The van der Waals surface area contributed by atoms with Crippen molar-refractivity contribution in [1.82, 2.24) is 9.97 Å². The normalized spacial score (nSPS) is 11.2. The van der Waals surface area contributed by atoms with Crippen LogP contribution in [0.1, 0.15) is 5.69 Å². The Hall–Kier alpha value is -2.31. The van der Waals surface area contributed by atoms with Crippen LogP contribution in [0.5, 0.6) is 5.75 Å². The first kappa shape index (κ1) is 15.1. The van der Waals surface area contributed by atoms with Gasteiger partial charge >= 0.3 is 6.18 Å². The zero-order chi connectivity index (χ0) is 15.3. The number of aromatic nitrogens is 2. The van der Waals surface area contributed by atoms with Gasteiger partial charge in [0.15, 0.2) is 0 Å². The molecule has 1 aromatic heterocycles. The molecule has 0 amide bonds. The van der Waals surface area contributed by atoms with E-state index in [9.17, 15) is 13.2 Å². The molecule has 0 bridgehead atoms. The molecule has 1 aromatic carbocycles. The van der Waals surface area contributed by atoms with Gasteiger partial charge < -0.3 is 9.64 Å². The number of anilines is 1. The van der Waals surface area contributed by atoms with Crippen LogP contribution in [-0.2, 0) is 6.18 Å². The molecule has 0 N–H and O–H groups in total. The third kappa shape index (κ3) is 4.34. The summed E-state index contributed by atoms with van der Waals surface area (Å²) in [7, 11) is 1.61. The van der Waals surface area contributed by atoms with E-state index >= 15 is 0 Å². The molecule has 0 unspecified atom stereocenters. The summed E-state index contributed by atoms with van der Waals surface area (Å²) in [6.07, 6.45) is -3.38. The van der Waals surface area contributed by atoms with Crippen molar-refractivity contribution in [1.29, 1.82) is 0 Å². The van der Waals surface area contributed by atoms with E-state index in [1.54, 1.807) is 19.2 Å². The van der Waals surface area contributed by atoms with Gasteiger partial charge in [-0.05, 0) is 18.2 Å². The molecule has 4 nitrogen and oxygen atoms in total. The highest BCUT2D eigenvalue weighted by Gasteiger charge is 2.33. The Morgan fingerprint density at radius 2 is 1.86 bits per heavy atom. The summed E-state index contributed by atoms with van der Waals surface area (Å²) in [5, 5.41) is 0. The van der Waals surface area contributed by atoms with E-state index in [1.807, 2.05) is 18.2 Å². The van der Waals surface area contributed by atoms with Gasteiger partial charge in [0.2, 0.25) is 5.95 Å². The molecule has 0 aliphatic heterocycles. The fourth-order valence-electron chi connectivity index (χ4n) is 1.61. The summed E-state index contributed by atoms with van der Waals surface area (Å²) in [4.78, 5) is 8.85. The third-order valence-corrected chi connectivity index (χ3v) is 2.71. The van der Waals surface area contributed by atoms with Crippen molar-refractivity contribution >= 4 is 5.95 Å². The van der Waals surface area contributed by atoms with Crippen molar-refractivity contribution in [3.63, 3.8) is 0 Å². The minimum absolute atomic E-state index is 0.0153. The molecule has 0 saturated heterocycles. The number of alkyl halides is 3. The van der Waals surface area contributed by atoms with Crippen LogP contribution in [0, 0.1) is 0 Å². The van der Waals surface area contributed by atoms with Crippen LogP contribution in [0.3, 0.4) is 0 Å². The fraction of sp³-hybridized carbons (Fsp3) is 0.286. The number of rotatable bonds is 5. The Bertz CT molecular complexity index is 575. The highest BCUT2D eigenvalue weighted by Crippen LogP contribution is 2.27. The monoisotopic (exact) mass is 297 g/mol. The topological polar surface area (TPSA) is 38.2 Å². The van der Waals surface area contributed by atoms with Crippen LogP contribution in [0.15, 0.2) is 42.6 Å². The predicted octanol–water partition coefficient (Wildman–Crippen LogP) is 3.01. The van der Waals surface area contributed by atoms with Crippen molar-refractivity contribution in [3.05, 3.63) is 48.3 Å². The maximum atomic E-state index is 12.6. The maximum absolute atomic E-state index is 12.6. The van der Waals surface area contributed by atoms with Crippen molar-refractivity contribution in [2.75, 3.05) is 25.1 Å². The largest absolute Gasteiger partial charge is 0.492 e. The molecule has 21 heavy (non-hydrogen) atoms. The van der Waals surface area contributed by atoms with Gasteiger partial charge in [-0.3, -0.25) is 0 Å². The number of para-hydroxylation sites is 1. The quantitative estimate of drug-likeness (QED) is 0.850. The Kier molecular flexibility index (Phi) is 4.62. The molecule has 7 heteroatoms. The Morgan fingerprint density at radius 1 is 1.14 bits per heavy atom. The van der Waals surface area contributed by atoms with Gasteiger partial charge in [0.25, 0.3) is 0 Å². The molecule has 0 aliphatic carbocycles. The SMILES string of the molecule is CN(CCOc1ccccc1)c1nccc(C(F)(F)F)n1. The van der Waals surface area contributed by atoms with E-state index in [1.165, 1.54) is 4.90 Å². The van der Waals surface area contributed by atoms with Crippen LogP contribution in [0.25, 0.3) is 0 Å². The summed E-state index contributed by atoms with van der Waals surface area (Å²) >= 11 is 0. The van der Waals surface area contributed by atoms with Crippen LogP contribution in [0.2, 0.25) is 0 Å². The molecular weight excluding hydrogens is 283 g/mol. The molecule has 0 spiro atoms. The molecule has 0 atom stereocenters. The van der Waals surface area contributed by atoms with Crippen molar-refractivity contribution < 1.29 is 17.9 Å². The lowest BCUT2D eigenvalue weighted by molar-refractivity contribution is -0.141. The third-order valence-electron chi connectivity index (χ3n) is 2.71. The highest BCUT2D eigenvalue weighted by molar-refractivity contribution is 5.29. The van der Waals surface area contributed by atoms with Crippen LogP contribution in [-0.4, -0.2) is 30.2 Å². The predicted molar refractivity (Wildman–Crippen MR) is 72.2 cm³/mol. The van der Waals surface area contributed by atoms with Gasteiger partial charge in [-0.1, -0.05) is 18.2 Å². The lowest BCUT2D eigenvalue weighted by Gasteiger charge is -2.18. The first-order chi connectivity index (χ1) is 9.97. The van der Waals surface area contributed by atoms with E-state index in [4.69, 9.17) is 4.74 Å². The summed E-state index contributed by atoms with van der Waals surface area (Å²) in [5.74, 6) is 0.720. The van der Waals surface area contributed by atoms with Gasteiger partial charge in [-0.2, -0.15) is 13.2 Å². The molecule has 0 radical (unpaired) electrons. The van der Waals surface area contributed by atoms with Crippen LogP contribution >= 0.6 is 0 Å². The number of hydrogen-bond donors (Lipinski definition) is 0. The Labute approximate surface area is 120 Å². The summed E-state index contributed by atoms with van der Waals surface area (Å²) in [6, 6.07) is 10.0. The van der Waals surface area contributed by atoms with Crippen molar-refractivity contribution in [3.8, 4) is 5.75 Å². The molecule has 0 fully saturated rings. The molecule has 1 heterocycles. The summed E-state index contributed by atoms with van der Waals surface area (Å²) < 4.78 is 43.2. The fourth-order valence-corrected chi connectivity index (χ4v) is 1.61. The first-order valence-electron chi connectivity index (χ1n) is 6.26. The van der Waals surface area contributed by atoms with Crippen LogP contribution < -0.4 is 9.64 Å². The zero-order valence-electron chi connectivity index (χ0n) is 11.3. The second kappa shape index (κ2) is 6.43. The summed E-state index contributed by atoms with van der Waals surface area (Å²) in [6.45, 7) is 0.691. The minimum Gasteiger partial charge on any atom is -0.492 e. The van der Waals surface area contributed by atoms with E-state index < -0.39 is 11.9 Å². The van der Waals surface area contributed by atoms with E-state index in [2.05, 4.69) is 9.97 Å². The van der Waals surface area contributed by atoms with Gasteiger partial charge in [-0.15, -0.1) is 0 Å². The molecular formula is C14H14F3N3O. The van der Waals surface area contributed by atoms with Crippen molar-refractivity contribution in [2.45, 2.75) is 6.18 Å². The molecule has 2 rings (SSSR count). The van der Waals surface area contributed by atoms with E-state index in [0.29, 0.717) is 18.9 Å². The highest BCUT2D eigenvalue weighted by atomic mass is 19.4. The van der Waals surface area contributed by atoms with Gasteiger partial charge in [0, 0.05) is 13.2 Å². The number of hydrogen-bond acceptors (Lipinski definition) is 4. The molecule has 2 aromatic rings. The number of ether oxygens (including phenoxy) is 1. The molecule has 112 valence electrons. The average molecular weight is 297 g/mol. The zero-order valence-corrected chi connectivity index (χ0v) is 11.3. The van der Waals surface area contributed by atoms with E-state index in [0.717, 1.165) is 12.3 Å². The molecule has 0 aliphatic rings.